The number of nitrogens with zero attached hydrogens (tertiary/aromatic N) is 2. The zero-order valence-corrected chi connectivity index (χ0v) is 17.9. The van der Waals surface area contributed by atoms with E-state index in [1.807, 2.05) is 29.8 Å². The van der Waals surface area contributed by atoms with Crippen molar-refractivity contribution in [3.05, 3.63) is 48.2 Å². The molecule has 0 saturated carbocycles. The Morgan fingerprint density at radius 2 is 1.97 bits per heavy atom. The third kappa shape index (κ3) is 5.39. The largest absolute Gasteiger partial charge is 0.385 e. The van der Waals surface area contributed by atoms with Crippen molar-refractivity contribution in [2.24, 2.45) is 5.92 Å². The van der Waals surface area contributed by atoms with Gasteiger partial charge in [-0.05, 0) is 61.9 Å². The molecule has 3 rings (SSSR count). The molecule has 1 unspecified atom stereocenters. The maximum atomic E-state index is 13.2. The number of hydrogen-bond acceptors (Lipinski definition) is 4. The molecule has 1 amide bonds. The van der Waals surface area contributed by atoms with Crippen molar-refractivity contribution in [3.8, 4) is 0 Å². The molecule has 1 aliphatic heterocycles. The van der Waals surface area contributed by atoms with E-state index in [-0.39, 0.29) is 10.8 Å². The van der Waals surface area contributed by atoms with Crippen LogP contribution in [-0.4, -0.2) is 42.9 Å². The van der Waals surface area contributed by atoms with Crippen molar-refractivity contribution >= 4 is 21.7 Å². The SMILES string of the molecule is Cc1cccc(S(=O)(=O)NC(CCn2cccc2N)C(=O)N2CCC(C)CC2)c1. The molecule has 0 aliphatic carbocycles. The average Bonchev–Trinajstić information content (AvgIpc) is 3.10. The van der Waals surface area contributed by atoms with E-state index in [0.717, 1.165) is 18.4 Å². The molecule has 29 heavy (non-hydrogen) atoms. The quantitative estimate of drug-likeness (QED) is 0.721. The first-order valence-corrected chi connectivity index (χ1v) is 11.5. The first-order chi connectivity index (χ1) is 13.8. The van der Waals surface area contributed by atoms with E-state index in [4.69, 9.17) is 5.73 Å². The Hall–Kier alpha value is -2.32. The fourth-order valence-electron chi connectivity index (χ4n) is 3.62. The minimum atomic E-state index is -3.82. The Kier molecular flexibility index (Phi) is 6.64. The van der Waals surface area contributed by atoms with Gasteiger partial charge in [-0.15, -0.1) is 0 Å². The smallest absolute Gasteiger partial charge is 0.241 e. The minimum absolute atomic E-state index is 0.168. The zero-order valence-electron chi connectivity index (χ0n) is 17.0. The number of sulfonamides is 1. The number of hydrogen-bond donors (Lipinski definition) is 2. The third-order valence-corrected chi connectivity index (χ3v) is 6.98. The predicted molar refractivity (Wildman–Crippen MR) is 114 cm³/mol. The molecule has 8 heteroatoms. The Morgan fingerprint density at radius 3 is 2.59 bits per heavy atom. The van der Waals surface area contributed by atoms with Crippen molar-refractivity contribution in [2.45, 2.75) is 50.6 Å². The van der Waals surface area contributed by atoms with Gasteiger partial charge in [0.05, 0.1) is 4.90 Å². The van der Waals surface area contributed by atoms with Crippen LogP contribution < -0.4 is 10.5 Å². The first kappa shape index (κ1) is 21.4. The number of nitrogen functional groups attached to an aromatic ring is 1. The van der Waals surface area contributed by atoms with E-state index in [1.54, 1.807) is 29.2 Å². The van der Waals surface area contributed by atoms with Gasteiger partial charge in [-0.1, -0.05) is 19.1 Å². The van der Waals surface area contributed by atoms with E-state index < -0.39 is 16.1 Å². The van der Waals surface area contributed by atoms with Gasteiger partial charge in [0.25, 0.3) is 0 Å². The van der Waals surface area contributed by atoms with E-state index in [9.17, 15) is 13.2 Å². The topological polar surface area (TPSA) is 97.4 Å². The van der Waals surface area contributed by atoms with Crippen molar-refractivity contribution < 1.29 is 13.2 Å². The molecule has 2 heterocycles. The van der Waals surface area contributed by atoms with Gasteiger partial charge in [0, 0.05) is 25.8 Å². The highest BCUT2D eigenvalue weighted by Crippen LogP contribution is 2.19. The van der Waals surface area contributed by atoms with Crippen molar-refractivity contribution in [1.29, 1.82) is 0 Å². The maximum absolute atomic E-state index is 13.2. The summed E-state index contributed by atoms with van der Waals surface area (Å²) in [5.74, 6) is 1.00. The summed E-state index contributed by atoms with van der Waals surface area (Å²) in [6.45, 7) is 5.79. The summed E-state index contributed by atoms with van der Waals surface area (Å²) in [6, 6.07) is 9.46. The van der Waals surface area contributed by atoms with Crippen LogP contribution in [0.15, 0.2) is 47.5 Å². The molecule has 7 nitrogen and oxygen atoms in total. The lowest BCUT2D eigenvalue weighted by Crippen LogP contribution is -2.50. The first-order valence-electron chi connectivity index (χ1n) is 10.0. The van der Waals surface area contributed by atoms with Crippen LogP contribution >= 0.6 is 0 Å². The van der Waals surface area contributed by atoms with E-state index in [0.29, 0.717) is 37.8 Å². The summed E-state index contributed by atoms with van der Waals surface area (Å²) in [6.07, 6.45) is 4.03. The second kappa shape index (κ2) is 9.00. The molecule has 158 valence electrons. The van der Waals surface area contributed by atoms with Gasteiger partial charge >= 0.3 is 0 Å². The van der Waals surface area contributed by atoms with Crippen LogP contribution in [-0.2, 0) is 21.4 Å². The van der Waals surface area contributed by atoms with Crippen LogP contribution in [0.1, 0.15) is 31.7 Å². The third-order valence-electron chi connectivity index (χ3n) is 5.51. The summed E-state index contributed by atoms with van der Waals surface area (Å²) < 4.78 is 30.4. The summed E-state index contributed by atoms with van der Waals surface area (Å²) in [5.41, 5.74) is 6.77. The number of likely N-dealkylation sites (tertiary alicyclic amines) is 1. The average molecular weight is 419 g/mol. The molecule has 1 aliphatic rings. The molecular weight excluding hydrogens is 388 g/mol. The minimum Gasteiger partial charge on any atom is -0.385 e. The lowest BCUT2D eigenvalue weighted by atomic mass is 9.98. The summed E-state index contributed by atoms with van der Waals surface area (Å²) >= 11 is 0. The van der Waals surface area contributed by atoms with Gasteiger partial charge in [0.2, 0.25) is 15.9 Å². The number of anilines is 1. The van der Waals surface area contributed by atoms with Crippen LogP contribution in [0.2, 0.25) is 0 Å². The second-order valence-electron chi connectivity index (χ2n) is 7.91. The van der Waals surface area contributed by atoms with Gasteiger partial charge < -0.3 is 15.2 Å². The fourth-order valence-corrected chi connectivity index (χ4v) is 4.95. The molecule has 1 aromatic heterocycles. The lowest BCUT2D eigenvalue weighted by molar-refractivity contribution is -0.134. The molecule has 1 aromatic carbocycles. The number of aromatic nitrogens is 1. The predicted octanol–water partition coefficient (Wildman–Crippen LogP) is 2.37. The molecule has 1 fully saturated rings. The number of nitrogens with two attached hydrogens (primary N) is 1. The van der Waals surface area contributed by atoms with Crippen LogP contribution in [0.5, 0.6) is 0 Å². The summed E-state index contributed by atoms with van der Waals surface area (Å²) in [7, 11) is -3.82. The Morgan fingerprint density at radius 1 is 1.24 bits per heavy atom. The number of carbonyl (C=O) groups is 1. The number of aryl methyl sites for hydroxylation is 2. The Bertz CT molecular complexity index is 946. The zero-order chi connectivity index (χ0) is 21.0. The van der Waals surface area contributed by atoms with Crippen LogP contribution in [0.4, 0.5) is 5.82 Å². The Balaban J connectivity index is 1.79. The molecule has 3 N–H and O–H groups in total. The standard InChI is InChI=1S/C21H30N4O3S/c1-16-8-12-25(13-9-16)21(26)19(10-14-24-11-4-7-20(24)22)23-29(27,28)18-6-3-5-17(2)15-18/h3-7,11,15-16,19,23H,8-10,12-14,22H2,1-2H3. The highest BCUT2D eigenvalue weighted by Gasteiger charge is 2.31. The number of piperidine rings is 1. The van der Waals surface area contributed by atoms with Crippen molar-refractivity contribution in [1.82, 2.24) is 14.2 Å². The summed E-state index contributed by atoms with van der Waals surface area (Å²) in [5, 5.41) is 0. The molecule has 0 radical (unpaired) electrons. The number of rotatable bonds is 7. The molecule has 1 saturated heterocycles. The second-order valence-corrected chi connectivity index (χ2v) is 9.63. The molecule has 2 aromatic rings. The van der Waals surface area contributed by atoms with Gasteiger partial charge in [-0.3, -0.25) is 4.79 Å². The normalized spacial score (nSPS) is 16.7. The van der Waals surface area contributed by atoms with Crippen molar-refractivity contribution in [2.75, 3.05) is 18.8 Å². The molecule has 0 bridgehead atoms. The molecule has 0 spiro atoms. The van der Waals surface area contributed by atoms with Crippen LogP contribution in [0.25, 0.3) is 0 Å². The lowest BCUT2D eigenvalue weighted by Gasteiger charge is -2.33. The van der Waals surface area contributed by atoms with Gasteiger partial charge in [0.1, 0.15) is 11.9 Å². The van der Waals surface area contributed by atoms with Gasteiger partial charge in [-0.25, -0.2) is 8.42 Å². The fraction of sp³-hybridized carbons (Fsp3) is 0.476. The number of amides is 1. The highest BCUT2D eigenvalue weighted by atomic mass is 32.2. The van der Waals surface area contributed by atoms with E-state index >= 15 is 0 Å². The van der Waals surface area contributed by atoms with Crippen molar-refractivity contribution in [3.63, 3.8) is 0 Å². The maximum Gasteiger partial charge on any atom is 0.241 e. The number of nitrogens with one attached hydrogen (secondary N) is 1. The monoisotopic (exact) mass is 418 g/mol. The van der Waals surface area contributed by atoms with E-state index in [2.05, 4.69) is 11.6 Å². The summed E-state index contributed by atoms with van der Waals surface area (Å²) in [4.78, 5) is 15.1. The molecular formula is C21H30N4O3S. The van der Waals surface area contributed by atoms with Crippen LogP contribution in [0.3, 0.4) is 0 Å². The van der Waals surface area contributed by atoms with Crippen LogP contribution in [0, 0.1) is 12.8 Å². The number of benzene rings is 1. The number of carbonyl (C=O) groups excluding carboxylic acids is 1. The van der Waals surface area contributed by atoms with Gasteiger partial charge in [0.15, 0.2) is 0 Å². The van der Waals surface area contributed by atoms with Gasteiger partial charge in [-0.2, -0.15) is 4.72 Å². The van der Waals surface area contributed by atoms with E-state index in [1.165, 1.54) is 0 Å². The Labute approximate surface area is 172 Å². The highest BCUT2D eigenvalue weighted by molar-refractivity contribution is 7.89. The molecule has 1 atom stereocenters.